The first-order chi connectivity index (χ1) is 14.8. The molecule has 2 rings (SSSR count). The zero-order chi connectivity index (χ0) is 23.0. The van der Waals surface area contributed by atoms with Gasteiger partial charge in [-0.05, 0) is 0 Å². The maximum Gasteiger partial charge on any atom is 0.245 e. The number of rotatable bonds is 6. The molecule has 0 saturated heterocycles. The monoisotopic (exact) mass is 454 g/mol. The van der Waals surface area contributed by atoms with Crippen LogP contribution in [-0.4, -0.2) is 50.9 Å². The topological polar surface area (TPSA) is 55.9 Å². The van der Waals surface area contributed by atoms with Crippen LogP contribution in [0.3, 0.4) is 0 Å². The van der Waals surface area contributed by atoms with Gasteiger partial charge in [0.25, 0.3) is 0 Å². The molecule has 0 fully saturated rings. The number of amides is 2. The Hall–Kier alpha value is -3.10. The third-order valence-corrected chi connectivity index (χ3v) is 5.44. The van der Waals surface area contributed by atoms with E-state index in [1.807, 2.05) is 60.7 Å². The molecule has 0 aromatic heterocycles. The molecule has 2 amide bonds. The molecule has 162 valence electrons. The molecular weight excluding hydrogens is 428 g/mol. The zero-order valence-electron chi connectivity index (χ0n) is 17.9. The summed E-state index contributed by atoms with van der Waals surface area (Å²) in [5.41, 5.74) is 4.64. The highest BCUT2D eigenvalue weighted by atomic mass is 32.1. The predicted molar refractivity (Wildman–Crippen MR) is 131 cm³/mol. The minimum Gasteiger partial charge on any atom is -0.277 e. The van der Waals surface area contributed by atoms with Crippen molar-refractivity contribution in [2.24, 2.45) is 0 Å². The lowest BCUT2D eigenvalue weighted by molar-refractivity contribution is -0.137. The summed E-state index contributed by atoms with van der Waals surface area (Å²) < 4.78 is 0. The predicted octanol–water partition coefficient (Wildman–Crippen LogP) is 3.69. The Bertz CT molecular complexity index is 964. The largest absolute Gasteiger partial charge is 0.277 e. The van der Waals surface area contributed by atoms with Crippen molar-refractivity contribution in [3.8, 4) is 0 Å². The molecule has 0 aliphatic rings. The number of carbonyl (C=O) groups excluding carboxylic acids is 2. The Morgan fingerprint density at radius 1 is 0.903 bits per heavy atom. The summed E-state index contributed by atoms with van der Waals surface area (Å²) in [5.74, 6) is -0.564. The smallest absolute Gasteiger partial charge is 0.245 e. The maximum atomic E-state index is 12.6. The first-order valence-electron chi connectivity index (χ1n) is 9.72. The van der Waals surface area contributed by atoms with Crippen molar-refractivity contribution in [2.75, 3.05) is 14.1 Å². The number of thiocarbonyl (C=S) groups is 2. The summed E-state index contributed by atoms with van der Waals surface area (Å²) in [6.45, 7) is 5.71. The average Bonchev–Trinajstić information content (AvgIpc) is 2.78. The molecule has 0 atom stereocenters. The van der Waals surface area contributed by atoms with Crippen LogP contribution in [0.25, 0.3) is 0 Å². The number of hydrogen-bond acceptors (Lipinski definition) is 4. The fraction of sp³-hybridized carbons (Fsp3) is 0.217. The molecule has 8 heteroatoms. The second kappa shape index (κ2) is 11.3. The fourth-order valence-corrected chi connectivity index (χ4v) is 3.28. The molecule has 0 unspecified atom stereocenters. The molecule has 0 radical (unpaired) electrons. The number of benzene rings is 2. The summed E-state index contributed by atoms with van der Waals surface area (Å²) in [7, 11) is 3.35. The molecule has 2 aromatic rings. The Morgan fingerprint density at radius 2 is 1.39 bits per heavy atom. The van der Waals surface area contributed by atoms with Gasteiger partial charge in [0.05, 0.1) is 6.42 Å². The van der Waals surface area contributed by atoms with Crippen molar-refractivity contribution in [3.63, 3.8) is 0 Å². The average molecular weight is 455 g/mol. The van der Waals surface area contributed by atoms with Crippen molar-refractivity contribution in [1.29, 1.82) is 0 Å². The number of nitrogens with one attached hydrogen (secondary N) is 1. The first-order valence-corrected chi connectivity index (χ1v) is 10.5. The Kier molecular flexibility index (Phi) is 8.84. The van der Waals surface area contributed by atoms with Gasteiger partial charge >= 0.3 is 0 Å². The quantitative estimate of drug-likeness (QED) is 0.531. The second-order valence-corrected chi connectivity index (χ2v) is 7.54. The lowest BCUT2D eigenvalue weighted by Gasteiger charge is -2.35. The van der Waals surface area contributed by atoms with Gasteiger partial charge in [-0.25, -0.2) is 5.01 Å². The minimum absolute atomic E-state index is 0.102. The number of hydrogen-bond donors (Lipinski definition) is 1. The zero-order valence-corrected chi connectivity index (χ0v) is 19.5. The van der Waals surface area contributed by atoms with Gasteiger partial charge in [0.2, 0.25) is 11.8 Å². The van der Waals surface area contributed by atoms with Gasteiger partial charge in [-0.15, -0.1) is 0 Å². The molecule has 0 aliphatic heterocycles. The highest BCUT2D eigenvalue weighted by Crippen LogP contribution is 2.16. The summed E-state index contributed by atoms with van der Waals surface area (Å²) in [6, 6.07) is 18.7. The van der Waals surface area contributed by atoms with E-state index in [4.69, 9.17) is 24.4 Å². The summed E-state index contributed by atoms with van der Waals surface area (Å²) in [5, 5.41) is 4.37. The summed E-state index contributed by atoms with van der Waals surface area (Å²) in [6.07, 6.45) is 0.135. The standard InChI is InChI=1S/C23H26N4O2S2/c1-5-21(29)27(26(4)23(31)19-14-10-7-11-15-19)17(2)16-20(28)24-25(3)22(30)18-12-8-6-9-13-18/h6-15H,2,5,16H2,1,3-4H3,(H,24,28). The molecule has 2 aromatic carbocycles. The van der Waals surface area contributed by atoms with Gasteiger partial charge in [0.1, 0.15) is 9.98 Å². The van der Waals surface area contributed by atoms with Crippen LogP contribution in [-0.2, 0) is 9.59 Å². The minimum atomic E-state index is -0.348. The van der Waals surface area contributed by atoms with E-state index in [1.165, 1.54) is 10.0 Å². The highest BCUT2D eigenvalue weighted by molar-refractivity contribution is 7.80. The first kappa shape index (κ1) is 24.2. The molecular formula is C23H26N4O2S2. The molecule has 31 heavy (non-hydrogen) atoms. The van der Waals surface area contributed by atoms with E-state index in [-0.39, 0.29) is 24.7 Å². The third kappa shape index (κ3) is 6.44. The van der Waals surface area contributed by atoms with Crippen LogP contribution in [0.5, 0.6) is 0 Å². The van der Waals surface area contributed by atoms with Crippen molar-refractivity contribution in [2.45, 2.75) is 19.8 Å². The fourth-order valence-electron chi connectivity index (χ4n) is 2.88. The summed E-state index contributed by atoms with van der Waals surface area (Å²) >= 11 is 11.0. The van der Waals surface area contributed by atoms with E-state index in [0.29, 0.717) is 15.7 Å². The number of carbonyl (C=O) groups is 2. The lowest BCUT2D eigenvalue weighted by atomic mass is 10.2. The molecule has 0 saturated carbocycles. The SMILES string of the molecule is C=C(CC(=O)NN(C)C(=S)c1ccccc1)N(C(=O)CC)N(C)C(=S)c1ccccc1. The van der Waals surface area contributed by atoms with Crippen molar-refractivity contribution < 1.29 is 9.59 Å². The molecule has 6 nitrogen and oxygen atoms in total. The van der Waals surface area contributed by atoms with Gasteiger partial charge in [-0.1, -0.05) is 98.6 Å². The number of nitrogens with zero attached hydrogens (tertiary/aromatic N) is 3. The van der Waals surface area contributed by atoms with Gasteiger partial charge in [0, 0.05) is 37.3 Å². The Labute approximate surface area is 194 Å². The molecule has 0 spiro atoms. The van der Waals surface area contributed by atoms with Gasteiger partial charge < -0.3 is 0 Å². The van der Waals surface area contributed by atoms with E-state index in [0.717, 1.165) is 11.1 Å². The lowest BCUT2D eigenvalue weighted by Crippen LogP contribution is -2.48. The van der Waals surface area contributed by atoms with Crippen LogP contribution in [0, 0.1) is 0 Å². The highest BCUT2D eigenvalue weighted by Gasteiger charge is 2.25. The van der Waals surface area contributed by atoms with Crippen molar-refractivity contribution >= 4 is 46.2 Å². The normalized spacial score (nSPS) is 10.0. The van der Waals surface area contributed by atoms with E-state index in [9.17, 15) is 9.59 Å². The van der Waals surface area contributed by atoms with Crippen LogP contribution < -0.4 is 5.43 Å². The van der Waals surface area contributed by atoms with Crippen LogP contribution >= 0.6 is 24.4 Å². The third-order valence-electron chi connectivity index (χ3n) is 4.44. The van der Waals surface area contributed by atoms with E-state index >= 15 is 0 Å². The van der Waals surface area contributed by atoms with E-state index in [2.05, 4.69) is 12.0 Å². The van der Waals surface area contributed by atoms with Gasteiger partial charge in [-0.3, -0.25) is 25.0 Å². The van der Waals surface area contributed by atoms with Crippen molar-refractivity contribution in [3.05, 3.63) is 84.1 Å². The molecule has 1 N–H and O–H groups in total. The van der Waals surface area contributed by atoms with Crippen LogP contribution in [0.4, 0.5) is 0 Å². The summed E-state index contributed by atoms with van der Waals surface area (Å²) in [4.78, 5) is 26.2. The van der Waals surface area contributed by atoms with Crippen LogP contribution in [0.2, 0.25) is 0 Å². The Balaban J connectivity index is 2.08. The number of hydrazine groups is 2. The molecule has 0 heterocycles. The van der Waals surface area contributed by atoms with E-state index in [1.54, 1.807) is 26.0 Å². The second-order valence-electron chi connectivity index (χ2n) is 6.76. The molecule has 0 aliphatic carbocycles. The van der Waals surface area contributed by atoms with Crippen molar-refractivity contribution in [1.82, 2.24) is 20.5 Å². The van der Waals surface area contributed by atoms with Gasteiger partial charge in [0.15, 0.2) is 0 Å². The Morgan fingerprint density at radius 3 is 1.87 bits per heavy atom. The molecule has 0 bridgehead atoms. The van der Waals surface area contributed by atoms with Gasteiger partial charge in [-0.2, -0.15) is 0 Å². The van der Waals surface area contributed by atoms with Crippen LogP contribution in [0.1, 0.15) is 30.9 Å². The maximum absolute atomic E-state index is 12.6. The van der Waals surface area contributed by atoms with Crippen LogP contribution in [0.15, 0.2) is 72.9 Å². The van der Waals surface area contributed by atoms with E-state index < -0.39 is 0 Å².